The maximum Gasteiger partial charge on any atom is 0.333 e. The highest BCUT2D eigenvalue weighted by Gasteiger charge is 2.17. The van der Waals surface area contributed by atoms with E-state index < -0.39 is 17.2 Å². The molecule has 9 nitrogen and oxygen atoms in total. The van der Waals surface area contributed by atoms with E-state index in [2.05, 4.69) is 10.3 Å². The van der Waals surface area contributed by atoms with E-state index >= 15 is 0 Å². The average Bonchev–Trinajstić information content (AvgIpc) is 2.74. The SMILES string of the molecule is CCOc1ccc(-n2c(=O)[nH]cc(C(=O)Nc3cc(OC)cc(OC)c3)c2=O)cc1. The molecule has 3 aromatic rings. The molecule has 1 heterocycles. The van der Waals surface area contributed by atoms with E-state index in [1.807, 2.05) is 6.92 Å². The van der Waals surface area contributed by atoms with Gasteiger partial charge in [0.15, 0.2) is 0 Å². The fourth-order valence-electron chi connectivity index (χ4n) is 2.81. The van der Waals surface area contributed by atoms with Crippen LogP contribution in [-0.4, -0.2) is 36.3 Å². The van der Waals surface area contributed by atoms with Gasteiger partial charge in [0.25, 0.3) is 11.5 Å². The zero-order valence-electron chi connectivity index (χ0n) is 16.7. The number of H-pyrrole nitrogens is 1. The van der Waals surface area contributed by atoms with Gasteiger partial charge in [-0.2, -0.15) is 0 Å². The molecule has 9 heteroatoms. The van der Waals surface area contributed by atoms with E-state index in [0.717, 1.165) is 10.8 Å². The number of rotatable bonds is 7. The number of hydrogen-bond donors (Lipinski definition) is 2. The van der Waals surface area contributed by atoms with Gasteiger partial charge in [-0.1, -0.05) is 0 Å². The van der Waals surface area contributed by atoms with Crippen molar-refractivity contribution in [3.05, 3.63) is 75.1 Å². The van der Waals surface area contributed by atoms with E-state index in [0.29, 0.717) is 35.2 Å². The van der Waals surface area contributed by atoms with Gasteiger partial charge in [0.1, 0.15) is 22.8 Å². The Morgan fingerprint density at radius 1 is 1.00 bits per heavy atom. The fraction of sp³-hybridized carbons (Fsp3) is 0.190. The first-order valence-electron chi connectivity index (χ1n) is 9.09. The lowest BCUT2D eigenvalue weighted by Crippen LogP contribution is -2.38. The summed E-state index contributed by atoms with van der Waals surface area (Å²) in [6, 6.07) is 11.2. The molecule has 0 bridgehead atoms. The molecule has 1 amide bonds. The smallest absolute Gasteiger partial charge is 0.333 e. The van der Waals surface area contributed by atoms with Gasteiger partial charge in [0, 0.05) is 30.1 Å². The molecule has 2 aromatic carbocycles. The molecule has 0 radical (unpaired) electrons. The third-order valence-electron chi connectivity index (χ3n) is 4.24. The second-order valence-corrected chi connectivity index (χ2v) is 6.13. The molecule has 0 aliphatic rings. The van der Waals surface area contributed by atoms with Crippen LogP contribution in [0.4, 0.5) is 5.69 Å². The first-order valence-corrected chi connectivity index (χ1v) is 9.09. The predicted octanol–water partition coefficient (Wildman–Crippen LogP) is 2.19. The molecule has 0 fully saturated rings. The number of amides is 1. The second kappa shape index (κ2) is 8.99. The number of hydrogen-bond acceptors (Lipinski definition) is 6. The summed E-state index contributed by atoms with van der Waals surface area (Å²) in [4.78, 5) is 40.3. The Labute approximate surface area is 171 Å². The van der Waals surface area contributed by atoms with Crippen molar-refractivity contribution in [2.75, 3.05) is 26.1 Å². The summed E-state index contributed by atoms with van der Waals surface area (Å²) in [5.41, 5.74) is -0.971. The Bertz CT molecular complexity index is 1140. The van der Waals surface area contributed by atoms with Crippen LogP contribution in [-0.2, 0) is 0 Å². The van der Waals surface area contributed by atoms with Crippen LogP contribution in [0.15, 0.2) is 58.3 Å². The van der Waals surface area contributed by atoms with Gasteiger partial charge < -0.3 is 24.5 Å². The number of anilines is 1. The predicted molar refractivity (Wildman–Crippen MR) is 111 cm³/mol. The first kappa shape index (κ1) is 20.7. The van der Waals surface area contributed by atoms with Crippen molar-refractivity contribution in [3.8, 4) is 22.9 Å². The Balaban J connectivity index is 1.96. The molecular weight excluding hydrogens is 390 g/mol. The Morgan fingerprint density at radius 2 is 1.63 bits per heavy atom. The Kier molecular flexibility index (Phi) is 6.21. The number of carbonyl (C=O) groups is 1. The molecule has 0 aliphatic heterocycles. The summed E-state index contributed by atoms with van der Waals surface area (Å²) in [5.74, 6) is 0.855. The highest BCUT2D eigenvalue weighted by Crippen LogP contribution is 2.26. The Morgan fingerprint density at radius 3 is 2.20 bits per heavy atom. The highest BCUT2D eigenvalue weighted by molar-refractivity contribution is 6.04. The lowest BCUT2D eigenvalue weighted by Gasteiger charge is -2.11. The third kappa shape index (κ3) is 4.35. The minimum atomic E-state index is -0.754. The van der Waals surface area contributed by atoms with Crippen molar-refractivity contribution in [3.63, 3.8) is 0 Å². The molecule has 0 atom stereocenters. The van der Waals surface area contributed by atoms with Gasteiger partial charge in [-0.05, 0) is 31.2 Å². The number of nitrogens with one attached hydrogen (secondary N) is 2. The van der Waals surface area contributed by atoms with Gasteiger partial charge in [0.05, 0.1) is 26.5 Å². The van der Waals surface area contributed by atoms with E-state index in [-0.39, 0.29) is 5.56 Å². The summed E-state index contributed by atoms with van der Waals surface area (Å²) in [6.45, 7) is 2.34. The van der Waals surface area contributed by atoms with Crippen LogP contribution in [0, 0.1) is 0 Å². The summed E-state index contributed by atoms with van der Waals surface area (Å²) < 4.78 is 16.6. The number of methoxy groups -OCH3 is 2. The lowest BCUT2D eigenvalue weighted by atomic mass is 10.2. The molecule has 2 N–H and O–H groups in total. The lowest BCUT2D eigenvalue weighted by molar-refractivity contribution is 0.102. The largest absolute Gasteiger partial charge is 0.497 e. The van der Waals surface area contributed by atoms with Crippen molar-refractivity contribution in [2.45, 2.75) is 6.92 Å². The van der Waals surface area contributed by atoms with Crippen LogP contribution in [0.3, 0.4) is 0 Å². The molecule has 0 aliphatic carbocycles. The number of ether oxygens (including phenoxy) is 3. The second-order valence-electron chi connectivity index (χ2n) is 6.13. The van der Waals surface area contributed by atoms with Crippen molar-refractivity contribution in [1.29, 1.82) is 0 Å². The number of nitrogens with zero attached hydrogens (tertiary/aromatic N) is 1. The van der Waals surface area contributed by atoms with Crippen molar-refractivity contribution in [2.24, 2.45) is 0 Å². The number of aromatic nitrogens is 2. The highest BCUT2D eigenvalue weighted by atomic mass is 16.5. The number of carbonyl (C=O) groups excluding carboxylic acids is 1. The molecular formula is C21H21N3O6. The quantitative estimate of drug-likeness (QED) is 0.617. The first-order chi connectivity index (χ1) is 14.5. The van der Waals surface area contributed by atoms with E-state index in [1.165, 1.54) is 14.2 Å². The third-order valence-corrected chi connectivity index (χ3v) is 4.24. The number of aromatic amines is 1. The normalized spacial score (nSPS) is 10.4. The van der Waals surface area contributed by atoms with Crippen LogP contribution < -0.4 is 30.8 Å². The molecule has 0 spiro atoms. The molecule has 30 heavy (non-hydrogen) atoms. The van der Waals surface area contributed by atoms with E-state index in [9.17, 15) is 14.4 Å². The van der Waals surface area contributed by atoms with Gasteiger partial charge >= 0.3 is 5.69 Å². The van der Waals surface area contributed by atoms with Gasteiger partial charge in [-0.3, -0.25) is 9.59 Å². The number of benzene rings is 2. The molecule has 156 valence electrons. The minimum absolute atomic E-state index is 0.231. The van der Waals surface area contributed by atoms with Crippen LogP contribution in [0.2, 0.25) is 0 Å². The maximum atomic E-state index is 12.9. The average molecular weight is 411 g/mol. The molecule has 0 saturated heterocycles. The monoisotopic (exact) mass is 411 g/mol. The van der Waals surface area contributed by atoms with Gasteiger partial charge in [-0.25, -0.2) is 9.36 Å². The molecule has 0 unspecified atom stereocenters. The summed E-state index contributed by atoms with van der Waals surface area (Å²) >= 11 is 0. The minimum Gasteiger partial charge on any atom is -0.497 e. The zero-order chi connectivity index (χ0) is 21.7. The Hall–Kier alpha value is -4.01. The van der Waals surface area contributed by atoms with Gasteiger partial charge in [0.2, 0.25) is 0 Å². The summed E-state index contributed by atoms with van der Waals surface area (Å²) in [6.07, 6.45) is 1.09. The topological polar surface area (TPSA) is 112 Å². The van der Waals surface area contributed by atoms with Gasteiger partial charge in [-0.15, -0.1) is 0 Å². The standard InChI is InChI=1S/C21H21N3O6/c1-4-30-15-7-5-14(6-8-15)24-20(26)18(12-22-21(24)27)19(25)23-13-9-16(28-2)11-17(10-13)29-3/h5-12H,4H2,1-3H3,(H,22,27)(H,23,25). The van der Waals surface area contributed by atoms with Crippen LogP contribution in [0.25, 0.3) is 5.69 Å². The molecule has 0 saturated carbocycles. The van der Waals surface area contributed by atoms with E-state index in [1.54, 1.807) is 42.5 Å². The summed E-state index contributed by atoms with van der Waals surface area (Å²) in [7, 11) is 2.97. The van der Waals surface area contributed by atoms with Crippen LogP contribution in [0.1, 0.15) is 17.3 Å². The maximum absolute atomic E-state index is 12.9. The van der Waals surface area contributed by atoms with Crippen LogP contribution in [0.5, 0.6) is 17.2 Å². The van der Waals surface area contributed by atoms with E-state index in [4.69, 9.17) is 14.2 Å². The van der Waals surface area contributed by atoms with Crippen molar-refractivity contribution in [1.82, 2.24) is 9.55 Å². The molecule has 3 rings (SSSR count). The van der Waals surface area contributed by atoms with Crippen molar-refractivity contribution < 1.29 is 19.0 Å². The zero-order valence-corrected chi connectivity index (χ0v) is 16.7. The molecule has 1 aromatic heterocycles. The van der Waals surface area contributed by atoms with Crippen molar-refractivity contribution >= 4 is 11.6 Å². The summed E-state index contributed by atoms with van der Waals surface area (Å²) in [5, 5.41) is 2.62. The fourth-order valence-corrected chi connectivity index (χ4v) is 2.81. The van der Waals surface area contributed by atoms with Crippen LogP contribution >= 0.6 is 0 Å².